The Labute approximate surface area is 136 Å². The molecule has 4 nitrogen and oxygen atoms in total. The number of para-hydroxylation sites is 1. The summed E-state index contributed by atoms with van der Waals surface area (Å²) in [6.07, 6.45) is 3.55. The fourth-order valence-electron chi connectivity index (χ4n) is 3.14. The Hall–Kier alpha value is -2.33. The van der Waals surface area contributed by atoms with Crippen molar-refractivity contribution >= 4 is 11.6 Å². The first-order valence-electron chi connectivity index (χ1n) is 7.96. The Morgan fingerprint density at radius 1 is 1.13 bits per heavy atom. The van der Waals surface area contributed by atoms with Crippen molar-refractivity contribution in [3.05, 3.63) is 48.5 Å². The normalized spacial score (nSPS) is 16.1. The number of nitrogens with two attached hydrogens (primary N) is 1. The van der Waals surface area contributed by atoms with E-state index >= 15 is 0 Å². The first-order valence-corrected chi connectivity index (χ1v) is 7.96. The number of nitrogens with one attached hydrogen (secondary N) is 1. The maximum Gasteiger partial charge on any atom is 0.244 e. The Balaban J connectivity index is 1.84. The molecule has 1 fully saturated rings. The van der Waals surface area contributed by atoms with Gasteiger partial charge in [-0.2, -0.15) is 0 Å². The predicted octanol–water partition coefficient (Wildman–Crippen LogP) is 3.57. The van der Waals surface area contributed by atoms with Crippen molar-refractivity contribution in [2.75, 3.05) is 12.4 Å². The fourth-order valence-corrected chi connectivity index (χ4v) is 3.14. The number of hydrogen-bond donors (Lipinski definition) is 2. The summed E-state index contributed by atoms with van der Waals surface area (Å²) in [7, 11) is 1.66. The molecular formula is C19H22N2O2. The van der Waals surface area contributed by atoms with E-state index in [9.17, 15) is 4.79 Å². The summed E-state index contributed by atoms with van der Waals surface area (Å²) in [5.74, 6) is 0.717. The second-order valence-electron chi connectivity index (χ2n) is 6.10. The summed E-state index contributed by atoms with van der Waals surface area (Å²) in [6, 6.07) is 15.6. The van der Waals surface area contributed by atoms with E-state index in [1.807, 2.05) is 48.5 Å². The van der Waals surface area contributed by atoms with Crippen LogP contribution in [0.5, 0.6) is 5.75 Å². The van der Waals surface area contributed by atoms with Gasteiger partial charge in [0, 0.05) is 11.3 Å². The zero-order valence-corrected chi connectivity index (χ0v) is 13.3. The molecule has 0 aromatic heterocycles. The third kappa shape index (κ3) is 3.22. The molecule has 120 valence electrons. The molecule has 0 spiro atoms. The van der Waals surface area contributed by atoms with Crippen LogP contribution >= 0.6 is 0 Å². The van der Waals surface area contributed by atoms with Crippen LogP contribution in [0.15, 0.2) is 48.5 Å². The van der Waals surface area contributed by atoms with Gasteiger partial charge in [-0.05, 0) is 36.6 Å². The number of hydrogen-bond acceptors (Lipinski definition) is 3. The highest BCUT2D eigenvalue weighted by Gasteiger charge is 2.36. The van der Waals surface area contributed by atoms with Crippen molar-refractivity contribution < 1.29 is 9.53 Å². The minimum atomic E-state index is -0.722. The minimum absolute atomic E-state index is 0.0906. The summed E-state index contributed by atoms with van der Waals surface area (Å²) in [4.78, 5) is 12.4. The van der Waals surface area contributed by atoms with Crippen LogP contribution in [-0.4, -0.2) is 18.6 Å². The average molecular weight is 310 g/mol. The molecule has 3 rings (SSSR count). The molecule has 0 bridgehead atoms. The van der Waals surface area contributed by atoms with Crippen LogP contribution in [0.1, 0.15) is 25.7 Å². The van der Waals surface area contributed by atoms with Gasteiger partial charge in [-0.25, -0.2) is 0 Å². The molecule has 2 aromatic rings. The summed E-state index contributed by atoms with van der Waals surface area (Å²) in [5.41, 5.74) is 8.24. The van der Waals surface area contributed by atoms with Crippen LogP contribution in [-0.2, 0) is 4.79 Å². The summed E-state index contributed by atoms with van der Waals surface area (Å²) < 4.78 is 5.41. The van der Waals surface area contributed by atoms with Gasteiger partial charge in [-0.1, -0.05) is 43.2 Å². The van der Waals surface area contributed by atoms with Gasteiger partial charge in [0.05, 0.1) is 12.6 Å². The quantitative estimate of drug-likeness (QED) is 0.907. The van der Waals surface area contributed by atoms with E-state index < -0.39 is 5.54 Å². The number of amides is 1. The zero-order chi connectivity index (χ0) is 16.3. The van der Waals surface area contributed by atoms with E-state index in [1.165, 1.54) is 0 Å². The molecule has 0 radical (unpaired) electrons. The van der Waals surface area contributed by atoms with Crippen LogP contribution in [0, 0.1) is 0 Å². The molecule has 0 saturated heterocycles. The van der Waals surface area contributed by atoms with Gasteiger partial charge in [-0.3, -0.25) is 4.79 Å². The zero-order valence-electron chi connectivity index (χ0n) is 13.3. The standard InChI is InChI=1S/C19H22N2O2/c1-23-17-10-3-2-9-16(17)14-7-6-8-15(13-14)21-18(22)19(20)11-4-5-12-19/h2-3,6-10,13H,4-5,11-12,20H2,1H3,(H,21,22). The van der Waals surface area contributed by atoms with Gasteiger partial charge in [0.25, 0.3) is 0 Å². The lowest BCUT2D eigenvalue weighted by Crippen LogP contribution is -2.48. The molecule has 1 amide bonds. The van der Waals surface area contributed by atoms with Gasteiger partial charge in [0.15, 0.2) is 0 Å². The van der Waals surface area contributed by atoms with Crippen LogP contribution < -0.4 is 15.8 Å². The fraction of sp³-hybridized carbons (Fsp3) is 0.316. The molecule has 3 N–H and O–H groups in total. The maximum absolute atomic E-state index is 12.4. The summed E-state index contributed by atoms with van der Waals surface area (Å²) in [5, 5.41) is 2.97. The van der Waals surface area contributed by atoms with Crippen molar-refractivity contribution in [3.8, 4) is 16.9 Å². The highest BCUT2D eigenvalue weighted by molar-refractivity contribution is 5.98. The summed E-state index contributed by atoms with van der Waals surface area (Å²) in [6.45, 7) is 0. The molecule has 23 heavy (non-hydrogen) atoms. The topological polar surface area (TPSA) is 64.3 Å². The van der Waals surface area contributed by atoms with Gasteiger partial charge in [0.2, 0.25) is 5.91 Å². The molecule has 0 unspecified atom stereocenters. The van der Waals surface area contributed by atoms with Crippen LogP contribution in [0.3, 0.4) is 0 Å². The number of benzene rings is 2. The number of carbonyl (C=O) groups is 1. The monoisotopic (exact) mass is 310 g/mol. The molecule has 0 heterocycles. The molecule has 1 aliphatic carbocycles. The van der Waals surface area contributed by atoms with Gasteiger partial charge in [-0.15, -0.1) is 0 Å². The highest BCUT2D eigenvalue weighted by Crippen LogP contribution is 2.32. The third-order valence-electron chi connectivity index (χ3n) is 4.49. The Morgan fingerprint density at radius 2 is 1.87 bits per heavy atom. The van der Waals surface area contributed by atoms with E-state index in [4.69, 9.17) is 10.5 Å². The predicted molar refractivity (Wildman–Crippen MR) is 92.4 cm³/mol. The molecule has 1 saturated carbocycles. The second-order valence-corrected chi connectivity index (χ2v) is 6.10. The van der Waals surface area contributed by atoms with E-state index in [0.29, 0.717) is 0 Å². The number of rotatable bonds is 4. The molecule has 4 heteroatoms. The molecule has 1 aliphatic rings. The first-order chi connectivity index (χ1) is 11.1. The molecule has 0 aliphatic heterocycles. The average Bonchev–Trinajstić information content (AvgIpc) is 3.03. The van der Waals surface area contributed by atoms with E-state index in [1.54, 1.807) is 7.11 Å². The SMILES string of the molecule is COc1ccccc1-c1cccc(NC(=O)C2(N)CCCC2)c1. The summed E-state index contributed by atoms with van der Waals surface area (Å²) >= 11 is 0. The van der Waals surface area contributed by atoms with Crippen molar-refractivity contribution in [1.29, 1.82) is 0 Å². The molecular weight excluding hydrogens is 288 g/mol. The number of ether oxygens (including phenoxy) is 1. The molecule has 2 aromatic carbocycles. The number of methoxy groups -OCH3 is 1. The largest absolute Gasteiger partial charge is 0.496 e. The maximum atomic E-state index is 12.4. The first kappa shape index (κ1) is 15.6. The lowest BCUT2D eigenvalue weighted by molar-refractivity contribution is -0.121. The number of carbonyl (C=O) groups excluding carboxylic acids is 1. The third-order valence-corrected chi connectivity index (χ3v) is 4.49. The van der Waals surface area contributed by atoms with Gasteiger partial charge in [0.1, 0.15) is 5.75 Å². The van der Waals surface area contributed by atoms with Crippen LogP contribution in [0.2, 0.25) is 0 Å². The van der Waals surface area contributed by atoms with Crippen molar-refractivity contribution in [1.82, 2.24) is 0 Å². The van der Waals surface area contributed by atoms with E-state index in [0.717, 1.165) is 48.2 Å². The minimum Gasteiger partial charge on any atom is -0.496 e. The lowest BCUT2D eigenvalue weighted by atomic mass is 9.97. The Morgan fingerprint density at radius 3 is 2.61 bits per heavy atom. The van der Waals surface area contributed by atoms with Crippen LogP contribution in [0.25, 0.3) is 11.1 Å². The van der Waals surface area contributed by atoms with Crippen molar-refractivity contribution in [2.24, 2.45) is 5.73 Å². The Bertz CT molecular complexity index is 706. The molecule has 0 atom stereocenters. The van der Waals surface area contributed by atoms with Crippen molar-refractivity contribution in [3.63, 3.8) is 0 Å². The van der Waals surface area contributed by atoms with E-state index in [2.05, 4.69) is 5.32 Å². The van der Waals surface area contributed by atoms with Crippen molar-refractivity contribution in [2.45, 2.75) is 31.2 Å². The smallest absolute Gasteiger partial charge is 0.244 e. The van der Waals surface area contributed by atoms with Gasteiger partial charge < -0.3 is 15.8 Å². The lowest BCUT2D eigenvalue weighted by Gasteiger charge is -2.22. The Kier molecular flexibility index (Phi) is 4.35. The van der Waals surface area contributed by atoms with E-state index in [-0.39, 0.29) is 5.91 Å². The second kappa shape index (κ2) is 6.42. The van der Waals surface area contributed by atoms with Crippen LogP contribution in [0.4, 0.5) is 5.69 Å². The number of anilines is 1. The highest BCUT2D eigenvalue weighted by atomic mass is 16.5. The van der Waals surface area contributed by atoms with Gasteiger partial charge >= 0.3 is 0 Å².